The maximum absolute atomic E-state index is 13.4. The van der Waals surface area contributed by atoms with E-state index in [4.69, 9.17) is 11.6 Å². The molecule has 4 heteroatoms. The van der Waals surface area contributed by atoms with E-state index >= 15 is 0 Å². The van der Waals surface area contributed by atoms with E-state index < -0.39 is 0 Å². The molecule has 0 fully saturated rings. The van der Waals surface area contributed by atoms with E-state index in [1.807, 2.05) is 6.07 Å². The van der Waals surface area contributed by atoms with E-state index in [1.54, 1.807) is 0 Å². The van der Waals surface area contributed by atoms with Crippen LogP contribution in [0.25, 0.3) is 11.0 Å². The molecule has 0 spiro atoms. The van der Waals surface area contributed by atoms with Crippen molar-refractivity contribution in [3.63, 3.8) is 0 Å². The number of alkyl halides is 1. The molecule has 2 aromatic rings. The number of hydrogen-bond donors (Lipinski definition) is 0. The Labute approximate surface area is 131 Å². The summed E-state index contributed by atoms with van der Waals surface area (Å²) in [5.41, 5.74) is 1.74. The maximum Gasteiger partial charge on any atom is 0.125 e. The Bertz CT molecular complexity index is 592. The first-order chi connectivity index (χ1) is 10.0. The average molecular weight is 311 g/mol. The topological polar surface area (TPSA) is 17.8 Å². The molecule has 0 aliphatic heterocycles. The lowest BCUT2D eigenvalue weighted by Crippen LogP contribution is -2.10. The Hall–Kier alpha value is -1.09. The predicted molar refractivity (Wildman–Crippen MR) is 87.5 cm³/mol. The molecule has 0 saturated heterocycles. The van der Waals surface area contributed by atoms with Gasteiger partial charge in [0.25, 0.3) is 0 Å². The van der Waals surface area contributed by atoms with Crippen LogP contribution < -0.4 is 0 Å². The molecular formula is C17H24ClFN2. The van der Waals surface area contributed by atoms with Crippen LogP contribution in [0.1, 0.15) is 51.9 Å². The Morgan fingerprint density at radius 3 is 2.67 bits per heavy atom. The highest BCUT2D eigenvalue weighted by molar-refractivity contribution is 6.17. The minimum Gasteiger partial charge on any atom is -0.325 e. The molecule has 2 nitrogen and oxygen atoms in total. The van der Waals surface area contributed by atoms with Gasteiger partial charge in [0.1, 0.15) is 11.6 Å². The van der Waals surface area contributed by atoms with Gasteiger partial charge < -0.3 is 4.57 Å². The molecule has 21 heavy (non-hydrogen) atoms. The molecule has 1 unspecified atom stereocenters. The highest BCUT2D eigenvalue weighted by atomic mass is 35.5. The highest BCUT2D eigenvalue weighted by Gasteiger charge is 2.16. The molecule has 0 bridgehead atoms. The van der Waals surface area contributed by atoms with Crippen LogP contribution in [0, 0.1) is 11.7 Å². The molecule has 0 aliphatic rings. The lowest BCUT2D eigenvalue weighted by Gasteiger charge is -2.18. The second-order valence-electron chi connectivity index (χ2n) is 6.14. The van der Waals surface area contributed by atoms with Crippen LogP contribution in [0.4, 0.5) is 4.39 Å². The SMILES string of the molecule is CC(C)CCCC(C)n1c(CCCl)nc2cc(F)ccc21. The summed E-state index contributed by atoms with van der Waals surface area (Å²) in [6.07, 6.45) is 4.25. The quantitative estimate of drug-likeness (QED) is 0.631. The molecule has 0 aliphatic carbocycles. The zero-order valence-electron chi connectivity index (χ0n) is 13.1. The normalized spacial score (nSPS) is 13.2. The summed E-state index contributed by atoms with van der Waals surface area (Å²) in [6, 6.07) is 5.20. The highest BCUT2D eigenvalue weighted by Crippen LogP contribution is 2.26. The summed E-state index contributed by atoms with van der Waals surface area (Å²) < 4.78 is 15.6. The first-order valence-electron chi connectivity index (χ1n) is 7.75. The van der Waals surface area contributed by atoms with Gasteiger partial charge in [-0.05, 0) is 31.4 Å². The third kappa shape index (κ3) is 3.97. The molecule has 0 amide bonds. The van der Waals surface area contributed by atoms with Crippen LogP contribution in [0.3, 0.4) is 0 Å². The second kappa shape index (κ2) is 7.26. The number of benzene rings is 1. The summed E-state index contributed by atoms with van der Waals surface area (Å²) in [5.74, 6) is 1.98. The van der Waals surface area contributed by atoms with Gasteiger partial charge in [-0.2, -0.15) is 0 Å². The number of rotatable bonds is 7. The first-order valence-corrected chi connectivity index (χ1v) is 8.28. The zero-order chi connectivity index (χ0) is 15.4. The van der Waals surface area contributed by atoms with Crippen molar-refractivity contribution in [2.45, 2.75) is 52.5 Å². The van der Waals surface area contributed by atoms with Crippen molar-refractivity contribution in [1.82, 2.24) is 9.55 Å². The van der Waals surface area contributed by atoms with Gasteiger partial charge in [0.2, 0.25) is 0 Å². The molecule has 0 saturated carbocycles. The van der Waals surface area contributed by atoms with Crippen LogP contribution in [0.2, 0.25) is 0 Å². The molecule has 2 rings (SSSR count). The monoisotopic (exact) mass is 310 g/mol. The average Bonchev–Trinajstić information content (AvgIpc) is 2.75. The van der Waals surface area contributed by atoms with Gasteiger partial charge in [-0.25, -0.2) is 9.37 Å². The standard InChI is InChI=1S/C17H24ClFN2/c1-12(2)5-4-6-13(3)21-16-8-7-14(19)11-15(16)20-17(21)9-10-18/h7-8,11-13H,4-6,9-10H2,1-3H3. The van der Waals surface area contributed by atoms with Crippen LogP contribution in [0.5, 0.6) is 0 Å². The van der Waals surface area contributed by atoms with E-state index in [-0.39, 0.29) is 5.82 Å². The van der Waals surface area contributed by atoms with Crippen molar-refractivity contribution in [3.8, 4) is 0 Å². The molecule has 0 radical (unpaired) electrons. The number of aryl methyl sites for hydroxylation is 1. The van der Waals surface area contributed by atoms with Crippen LogP contribution in [-0.2, 0) is 6.42 Å². The van der Waals surface area contributed by atoms with Crippen molar-refractivity contribution in [2.24, 2.45) is 5.92 Å². The van der Waals surface area contributed by atoms with Crippen molar-refractivity contribution < 1.29 is 4.39 Å². The molecule has 1 aromatic heterocycles. The predicted octanol–water partition coefficient (Wildman–Crippen LogP) is 5.34. The minimum atomic E-state index is -0.239. The summed E-state index contributed by atoms with van der Waals surface area (Å²) in [5, 5.41) is 0. The third-order valence-corrected chi connectivity index (χ3v) is 4.08. The molecule has 116 valence electrons. The van der Waals surface area contributed by atoms with E-state index in [1.165, 1.54) is 25.0 Å². The van der Waals surface area contributed by atoms with E-state index in [2.05, 4.69) is 30.3 Å². The van der Waals surface area contributed by atoms with E-state index in [9.17, 15) is 4.39 Å². The van der Waals surface area contributed by atoms with Crippen molar-refractivity contribution in [2.75, 3.05) is 5.88 Å². The third-order valence-electron chi connectivity index (χ3n) is 3.89. The molecule has 1 atom stereocenters. The minimum absolute atomic E-state index is 0.239. The van der Waals surface area contributed by atoms with Crippen LogP contribution in [-0.4, -0.2) is 15.4 Å². The fourth-order valence-electron chi connectivity index (χ4n) is 2.83. The smallest absolute Gasteiger partial charge is 0.125 e. The van der Waals surface area contributed by atoms with Gasteiger partial charge in [0.15, 0.2) is 0 Å². The Kier molecular flexibility index (Phi) is 5.63. The van der Waals surface area contributed by atoms with Gasteiger partial charge >= 0.3 is 0 Å². The van der Waals surface area contributed by atoms with Gasteiger partial charge in [0.05, 0.1) is 11.0 Å². The maximum atomic E-state index is 13.4. The second-order valence-corrected chi connectivity index (χ2v) is 6.52. The van der Waals surface area contributed by atoms with E-state index in [0.717, 1.165) is 29.2 Å². The number of imidazole rings is 1. The zero-order valence-corrected chi connectivity index (χ0v) is 13.8. The van der Waals surface area contributed by atoms with E-state index in [0.29, 0.717) is 18.3 Å². The van der Waals surface area contributed by atoms with Gasteiger partial charge in [0, 0.05) is 24.4 Å². The molecular weight excluding hydrogens is 287 g/mol. The number of hydrogen-bond acceptors (Lipinski definition) is 1. The van der Waals surface area contributed by atoms with Crippen molar-refractivity contribution in [3.05, 3.63) is 29.8 Å². The summed E-state index contributed by atoms with van der Waals surface area (Å²) in [6.45, 7) is 6.71. The van der Waals surface area contributed by atoms with Gasteiger partial charge in [-0.1, -0.05) is 26.7 Å². The fraction of sp³-hybridized carbons (Fsp3) is 0.588. The largest absolute Gasteiger partial charge is 0.325 e. The van der Waals surface area contributed by atoms with Crippen molar-refractivity contribution >= 4 is 22.6 Å². The molecule has 1 aromatic carbocycles. The van der Waals surface area contributed by atoms with Gasteiger partial charge in [-0.15, -0.1) is 11.6 Å². The molecule has 1 heterocycles. The summed E-state index contributed by atoms with van der Waals surface area (Å²) >= 11 is 5.89. The van der Waals surface area contributed by atoms with Gasteiger partial charge in [-0.3, -0.25) is 0 Å². The molecule has 0 N–H and O–H groups in total. The van der Waals surface area contributed by atoms with Crippen molar-refractivity contribution in [1.29, 1.82) is 0 Å². The fourth-order valence-corrected chi connectivity index (χ4v) is 2.99. The number of fused-ring (bicyclic) bond motifs is 1. The van der Waals surface area contributed by atoms with Crippen LogP contribution >= 0.6 is 11.6 Å². The Morgan fingerprint density at radius 2 is 2.00 bits per heavy atom. The lowest BCUT2D eigenvalue weighted by molar-refractivity contribution is 0.445. The summed E-state index contributed by atoms with van der Waals surface area (Å²) in [4.78, 5) is 4.57. The lowest BCUT2D eigenvalue weighted by atomic mass is 10.0. The summed E-state index contributed by atoms with van der Waals surface area (Å²) in [7, 11) is 0. The first kappa shape index (κ1) is 16.3. The van der Waals surface area contributed by atoms with Crippen LogP contribution in [0.15, 0.2) is 18.2 Å². The Balaban J connectivity index is 2.28. The number of halogens is 2. The number of aromatic nitrogens is 2. The number of nitrogens with zero attached hydrogens (tertiary/aromatic N) is 2. The Morgan fingerprint density at radius 1 is 1.24 bits per heavy atom.